The Kier molecular flexibility index (Phi) is 6.11. The minimum absolute atomic E-state index is 0.00546. The molecule has 2 heterocycles. The lowest BCUT2D eigenvalue weighted by Crippen LogP contribution is -2.34. The van der Waals surface area contributed by atoms with Crippen LogP contribution in [0.1, 0.15) is 43.1 Å². The van der Waals surface area contributed by atoms with Gasteiger partial charge in [-0.2, -0.15) is 4.98 Å². The highest BCUT2D eigenvalue weighted by atomic mass is 32.2. The molecule has 142 valence electrons. The fraction of sp³-hybridized carbons (Fsp3) is 0.400. The van der Waals surface area contributed by atoms with E-state index in [0.717, 1.165) is 17.8 Å². The summed E-state index contributed by atoms with van der Waals surface area (Å²) in [4.78, 5) is 21.4. The quantitative estimate of drug-likeness (QED) is 0.632. The van der Waals surface area contributed by atoms with E-state index in [9.17, 15) is 4.79 Å². The number of thioether (sulfide) groups is 1. The molecule has 0 aliphatic rings. The third kappa shape index (κ3) is 4.66. The van der Waals surface area contributed by atoms with Gasteiger partial charge in [0.05, 0.1) is 5.25 Å². The monoisotopic (exact) mass is 383 g/mol. The molecule has 1 N–H and O–H groups in total. The number of amides is 1. The van der Waals surface area contributed by atoms with Crippen LogP contribution in [0.3, 0.4) is 0 Å². The number of aromatic nitrogens is 4. The molecule has 0 aliphatic carbocycles. The van der Waals surface area contributed by atoms with Gasteiger partial charge in [-0.05, 0) is 38.8 Å². The van der Waals surface area contributed by atoms with Gasteiger partial charge in [-0.1, -0.05) is 49.0 Å². The fourth-order valence-electron chi connectivity index (χ4n) is 3.00. The summed E-state index contributed by atoms with van der Waals surface area (Å²) in [6.07, 6.45) is 0.976. The maximum atomic E-state index is 12.5. The van der Waals surface area contributed by atoms with Gasteiger partial charge in [0.15, 0.2) is 0 Å². The van der Waals surface area contributed by atoms with E-state index in [1.54, 1.807) is 4.52 Å². The molecule has 2 atom stereocenters. The van der Waals surface area contributed by atoms with Crippen molar-refractivity contribution in [1.82, 2.24) is 24.9 Å². The van der Waals surface area contributed by atoms with Gasteiger partial charge in [-0.25, -0.2) is 9.50 Å². The molecule has 27 heavy (non-hydrogen) atoms. The Morgan fingerprint density at radius 3 is 2.67 bits per heavy atom. The molecule has 2 aromatic heterocycles. The molecule has 0 unspecified atom stereocenters. The summed E-state index contributed by atoms with van der Waals surface area (Å²) < 4.78 is 1.71. The Labute approximate surface area is 163 Å². The van der Waals surface area contributed by atoms with E-state index < -0.39 is 0 Å². The van der Waals surface area contributed by atoms with Crippen molar-refractivity contribution in [3.63, 3.8) is 0 Å². The van der Waals surface area contributed by atoms with Gasteiger partial charge in [-0.3, -0.25) is 4.79 Å². The predicted octanol–water partition coefficient (Wildman–Crippen LogP) is 3.53. The summed E-state index contributed by atoms with van der Waals surface area (Å²) in [5.74, 6) is 0.877. The van der Waals surface area contributed by atoms with Crippen LogP contribution in [0.2, 0.25) is 0 Å². The SMILES string of the molecule is CC[C@@H](CNC(=O)[C@@H](C)Sc1nc2nc(C)cc(C)n2n1)c1ccccc1. The van der Waals surface area contributed by atoms with E-state index in [1.807, 2.05) is 45.0 Å². The molecule has 7 heteroatoms. The van der Waals surface area contributed by atoms with Crippen molar-refractivity contribution < 1.29 is 4.79 Å². The summed E-state index contributed by atoms with van der Waals surface area (Å²) in [6.45, 7) is 8.54. The van der Waals surface area contributed by atoms with Gasteiger partial charge < -0.3 is 5.32 Å². The Bertz CT molecular complexity index is 925. The van der Waals surface area contributed by atoms with Crippen molar-refractivity contribution in [1.29, 1.82) is 0 Å². The van der Waals surface area contributed by atoms with Crippen LogP contribution in [0, 0.1) is 13.8 Å². The lowest BCUT2D eigenvalue weighted by atomic mass is 9.96. The van der Waals surface area contributed by atoms with E-state index >= 15 is 0 Å². The number of rotatable bonds is 7. The lowest BCUT2D eigenvalue weighted by molar-refractivity contribution is -0.120. The Morgan fingerprint density at radius 2 is 1.96 bits per heavy atom. The third-order valence-electron chi connectivity index (χ3n) is 4.54. The molecule has 1 amide bonds. The van der Waals surface area contributed by atoms with Crippen LogP contribution < -0.4 is 5.32 Å². The zero-order valence-corrected chi connectivity index (χ0v) is 17.0. The smallest absolute Gasteiger partial charge is 0.253 e. The van der Waals surface area contributed by atoms with Crippen molar-refractivity contribution >= 4 is 23.4 Å². The molecule has 1 aromatic carbocycles. The molecule has 0 saturated carbocycles. The van der Waals surface area contributed by atoms with Gasteiger partial charge in [0.2, 0.25) is 11.1 Å². The van der Waals surface area contributed by atoms with Crippen LogP contribution in [-0.2, 0) is 4.79 Å². The van der Waals surface area contributed by atoms with Crippen LogP contribution in [0.25, 0.3) is 5.78 Å². The van der Waals surface area contributed by atoms with Gasteiger partial charge in [0, 0.05) is 23.9 Å². The van der Waals surface area contributed by atoms with Gasteiger partial charge in [0.1, 0.15) is 0 Å². The molecule has 6 nitrogen and oxygen atoms in total. The van der Waals surface area contributed by atoms with Gasteiger partial charge in [0.25, 0.3) is 5.78 Å². The average Bonchev–Trinajstić information content (AvgIpc) is 3.05. The lowest BCUT2D eigenvalue weighted by Gasteiger charge is -2.17. The van der Waals surface area contributed by atoms with Crippen molar-refractivity contribution in [2.45, 2.75) is 50.4 Å². The fourth-order valence-corrected chi connectivity index (χ4v) is 3.77. The largest absolute Gasteiger partial charge is 0.355 e. The maximum absolute atomic E-state index is 12.5. The number of benzene rings is 1. The molecule has 0 radical (unpaired) electrons. The molecule has 3 aromatic rings. The third-order valence-corrected chi connectivity index (χ3v) is 5.49. The molecular formula is C20H25N5OS. The van der Waals surface area contributed by atoms with Crippen LogP contribution in [-0.4, -0.2) is 37.3 Å². The van der Waals surface area contributed by atoms with E-state index in [1.165, 1.54) is 17.3 Å². The summed E-state index contributed by atoms with van der Waals surface area (Å²) in [5.41, 5.74) is 3.13. The van der Waals surface area contributed by atoms with Crippen LogP contribution in [0.4, 0.5) is 0 Å². The van der Waals surface area contributed by atoms with Gasteiger partial charge >= 0.3 is 0 Å². The van der Waals surface area contributed by atoms with E-state index in [0.29, 0.717) is 23.4 Å². The number of carbonyl (C=O) groups is 1. The Balaban J connectivity index is 1.61. The normalized spacial score (nSPS) is 13.5. The first-order chi connectivity index (χ1) is 13.0. The second-order valence-electron chi connectivity index (χ2n) is 6.67. The number of hydrogen-bond donors (Lipinski definition) is 1. The number of carbonyl (C=O) groups excluding carboxylic acids is 1. The number of fused-ring (bicyclic) bond motifs is 1. The first-order valence-electron chi connectivity index (χ1n) is 9.18. The zero-order chi connectivity index (χ0) is 19.4. The van der Waals surface area contributed by atoms with E-state index in [-0.39, 0.29) is 11.2 Å². The highest BCUT2D eigenvalue weighted by Gasteiger charge is 2.19. The molecule has 0 aliphatic heterocycles. The average molecular weight is 384 g/mol. The van der Waals surface area contributed by atoms with Crippen molar-refractivity contribution in [3.8, 4) is 0 Å². The number of nitrogens with zero attached hydrogens (tertiary/aromatic N) is 4. The minimum Gasteiger partial charge on any atom is -0.355 e. The first-order valence-corrected chi connectivity index (χ1v) is 10.1. The highest BCUT2D eigenvalue weighted by Crippen LogP contribution is 2.22. The van der Waals surface area contributed by atoms with Crippen molar-refractivity contribution in [2.75, 3.05) is 6.54 Å². The molecule has 3 rings (SSSR count). The molecule has 0 spiro atoms. The predicted molar refractivity (Wildman–Crippen MR) is 108 cm³/mol. The number of nitrogens with one attached hydrogen (secondary N) is 1. The second-order valence-corrected chi connectivity index (χ2v) is 7.97. The van der Waals surface area contributed by atoms with Crippen LogP contribution in [0.15, 0.2) is 41.6 Å². The zero-order valence-electron chi connectivity index (χ0n) is 16.1. The van der Waals surface area contributed by atoms with Crippen molar-refractivity contribution in [2.24, 2.45) is 0 Å². The van der Waals surface area contributed by atoms with E-state index in [4.69, 9.17) is 0 Å². The summed E-state index contributed by atoms with van der Waals surface area (Å²) in [6, 6.07) is 12.2. The van der Waals surface area contributed by atoms with E-state index in [2.05, 4.69) is 39.4 Å². The maximum Gasteiger partial charge on any atom is 0.253 e. The first kappa shape index (κ1) is 19.4. The summed E-state index contributed by atoms with van der Waals surface area (Å²) >= 11 is 1.35. The molecule has 0 bridgehead atoms. The topological polar surface area (TPSA) is 72.2 Å². The number of hydrogen-bond acceptors (Lipinski definition) is 5. The number of aryl methyl sites for hydroxylation is 2. The molecular weight excluding hydrogens is 358 g/mol. The Hall–Kier alpha value is -2.41. The summed E-state index contributed by atoms with van der Waals surface area (Å²) in [7, 11) is 0. The molecule has 0 fully saturated rings. The van der Waals surface area contributed by atoms with Crippen LogP contribution >= 0.6 is 11.8 Å². The minimum atomic E-state index is -0.280. The molecule has 0 saturated heterocycles. The highest BCUT2D eigenvalue weighted by molar-refractivity contribution is 8.00. The van der Waals surface area contributed by atoms with Crippen LogP contribution in [0.5, 0.6) is 0 Å². The summed E-state index contributed by atoms with van der Waals surface area (Å²) in [5, 5.41) is 7.81. The van der Waals surface area contributed by atoms with Crippen molar-refractivity contribution in [3.05, 3.63) is 53.3 Å². The van der Waals surface area contributed by atoms with Gasteiger partial charge in [-0.15, -0.1) is 5.10 Å². The standard InChI is InChI=1S/C20H25N5OS/c1-5-16(17-9-7-6-8-10-17)12-21-18(26)15(4)27-20-23-19-22-13(2)11-14(3)25(19)24-20/h6-11,15-16H,5,12H2,1-4H3,(H,21,26)/t15-,16+/m1/s1. The Morgan fingerprint density at radius 1 is 1.22 bits per heavy atom. The second kappa shape index (κ2) is 8.52.